The highest BCUT2D eigenvalue weighted by molar-refractivity contribution is 5.91. The Morgan fingerprint density at radius 2 is 1.74 bits per heavy atom. The van der Waals surface area contributed by atoms with E-state index in [9.17, 15) is 9.59 Å². The number of likely N-dealkylation sites (N-methyl/N-ethyl adjacent to an activating group) is 1. The average Bonchev–Trinajstić information content (AvgIpc) is 3.29. The van der Waals surface area contributed by atoms with Crippen molar-refractivity contribution in [3.8, 4) is 17.2 Å². The summed E-state index contributed by atoms with van der Waals surface area (Å²) in [5, 5.41) is 3.02. The van der Waals surface area contributed by atoms with Crippen LogP contribution >= 0.6 is 0 Å². The minimum absolute atomic E-state index is 0.331. The number of nitrogens with one attached hydrogen (secondary N) is 1. The van der Waals surface area contributed by atoms with Crippen LogP contribution in [0.2, 0.25) is 0 Å². The molecule has 0 spiro atoms. The van der Waals surface area contributed by atoms with E-state index in [0.717, 1.165) is 36.1 Å². The molecule has 9 nitrogen and oxygen atoms in total. The third kappa shape index (κ3) is 5.87. The number of cyclic esters (lactones) is 1. The quantitative estimate of drug-likeness (QED) is 0.572. The van der Waals surface area contributed by atoms with Gasteiger partial charge in [0.05, 0.1) is 39.3 Å². The van der Waals surface area contributed by atoms with E-state index in [4.69, 9.17) is 24.7 Å². The monoisotopic (exact) mass is 481 g/mol. The first-order chi connectivity index (χ1) is 16.9. The zero-order chi connectivity index (χ0) is 25.4. The summed E-state index contributed by atoms with van der Waals surface area (Å²) >= 11 is 0. The number of amides is 1. The summed E-state index contributed by atoms with van der Waals surface area (Å²) in [6, 6.07) is 10.3. The predicted molar refractivity (Wildman–Crippen MR) is 133 cm³/mol. The van der Waals surface area contributed by atoms with E-state index in [-0.39, 0.29) is 0 Å². The summed E-state index contributed by atoms with van der Waals surface area (Å²) in [6.45, 7) is 0.331. The van der Waals surface area contributed by atoms with Crippen LogP contribution in [-0.4, -0.2) is 47.3 Å². The lowest BCUT2D eigenvalue weighted by molar-refractivity contribution is 0.112. The number of hydrogen-bond donors (Lipinski definition) is 2. The molecule has 0 aromatic heterocycles. The minimum atomic E-state index is -0.469. The largest absolute Gasteiger partial charge is 0.493 e. The maximum atomic E-state index is 12.4. The number of allylic oxidation sites excluding steroid dienone is 3. The van der Waals surface area contributed by atoms with Crippen molar-refractivity contribution in [3.63, 3.8) is 0 Å². The van der Waals surface area contributed by atoms with Crippen LogP contribution in [0.3, 0.4) is 0 Å². The molecule has 2 aromatic rings. The van der Waals surface area contributed by atoms with Gasteiger partial charge >= 0.3 is 6.09 Å². The average molecular weight is 482 g/mol. The summed E-state index contributed by atoms with van der Waals surface area (Å²) in [5.41, 5.74) is 9.67. The predicted octanol–water partition coefficient (Wildman–Crippen LogP) is 3.95. The molecule has 3 N–H and O–H groups in total. The lowest BCUT2D eigenvalue weighted by atomic mass is 10.1. The van der Waals surface area contributed by atoms with Crippen LogP contribution in [0.25, 0.3) is 0 Å². The Balaban J connectivity index is 0.000000320. The van der Waals surface area contributed by atoms with Crippen LogP contribution in [0.5, 0.6) is 17.2 Å². The number of rotatable bonds is 7. The number of methoxy groups -OCH3 is 3. The second-order valence-corrected chi connectivity index (χ2v) is 7.78. The Bertz CT molecular complexity index is 1090. The number of ether oxygens (including phenoxy) is 4. The van der Waals surface area contributed by atoms with Crippen LogP contribution in [0, 0.1) is 0 Å². The number of aldehydes is 1. The summed E-state index contributed by atoms with van der Waals surface area (Å²) < 4.78 is 21.4. The molecule has 0 bridgehead atoms. The summed E-state index contributed by atoms with van der Waals surface area (Å²) in [6.07, 6.45) is 6.10. The van der Waals surface area contributed by atoms with Gasteiger partial charge in [-0.05, 0) is 24.5 Å². The molecular formula is C26H31N3O6. The molecular weight excluding hydrogens is 450 g/mol. The van der Waals surface area contributed by atoms with Crippen molar-refractivity contribution >= 4 is 18.1 Å². The number of nitrogens with two attached hydrogens (primary N) is 1. The van der Waals surface area contributed by atoms with Crippen molar-refractivity contribution in [2.45, 2.75) is 18.9 Å². The van der Waals surface area contributed by atoms with Crippen molar-refractivity contribution in [3.05, 3.63) is 71.1 Å². The van der Waals surface area contributed by atoms with Gasteiger partial charge in [0.1, 0.15) is 12.4 Å². The zero-order valence-corrected chi connectivity index (χ0v) is 20.4. The van der Waals surface area contributed by atoms with E-state index < -0.39 is 12.2 Å². The van der Waals surface area contributed by atoms with Crippen molar-refractivity contribution < 1.29 is 28.5 Å². The first-order valence-electron chi connectivity index (χ1n) is 11.1. The Morgan fingerprint density at radius 3 is 2.23 bits per heavy atom. The molecule has 186 valence electrons. The van der Waals surface area contributed by atoms with Crippen molar-refractivity contribution in [1.29, 1.82) is 0 Å². The Kier molecular flexibility index (Phi) is 8.61. The van der Waals surface area contributed by atoms with Gasteiger partial charge in [0.2, 0.25) is 5.75 Å². The molecule has 1 amide bonds. The van der Waals surface area contributed by atoms with Gasteiger partial charge in [0, 0.05) is 30.4 Å². The highest BCUT2D eigenvalue weighted by Gasteiger charge is 2.34. The van der Waals surface area contributed by atoms with E-state index in [0.29, 0.717) is 35.0 Å². The van der Waals surface area contributed by atoms with Gasteiger partial charge in [-0.1, -0.05) is 30.3 Å². The van der Waals surface area contributed by atoms with Crippen LogP contribution in [0.4, 0.5) is 10.5 Å². The third-order valence-corrected chi connectivity index (χ3v) is 5.70. The fraction of sp³-hybridized carbons (Fsp3) is 0.308. The normalized spacial score (nSPS) is 16.7. The van der Waals surface area contributed by atoms with Gasteiger partial charge < -0.3 is 30.0 Å². The lowest BCUT2D eigenvalue weighted by Gasteiger charge is -2.18. The van der Waals surface area contributed by atoms with E-state index in [1.165, 1.54) is 26.2 Å². The van der Waals surface area contributed by atoms with Gasteiger partial charge in [-0.3, -0.25) is 9.69 Å². The van der Waals surface area contributed by atoms with Gasteiger partial charge in [0.25, 0.3) is 0 Å². The number of hydrogen-bond acceptors (Lipinski definition) is 8. The SMILES string of the molecule is CNC1=C(N)CCC=C1.COc1cc(N2CC(c3ccc(C=O)cc3)OC2=O)cc(OC)c1OC. The maximum Gasteiger partial charge on any atom is 0.415 e. The number of nitrogens with zero attached hydrogens (tertiary/aromatic N) is 1. The number of benzene rings is 2. The second kappa shape index (κ2) is 11.8. The standard InChI is InChI=1S/C19H19NO6.C7H12N2/c1-23-15-8-14(9-16(24-2)18(15)25-3)20-10-17(26-19(20)22)13-6-4-12(11-21)5-7-13;1-9-7-5-3-2-4-6(7)8/h4-9,11,17H,10H2,1-3H3;3,5,9H,2,4,8H2,1H3. The Labute approximate surface area is 205 Å². The first kappa shape index (κ1) is 25.5. The van der Waals surface area contributed by atoms with Crippen LogP contribution in [0.15, 0.2) is 59.9 Å². The molecule has 35 heavy (non-hydrogen) atoms. The zero-order valence-electron chi connectivity index (χ0n) is 20.4. The summed E-state index contributed by atoms with van der Waals surface area (Å²) in [5.74, 6) is 1.36. The van der Waals surface area contributed by atoms with Gasteiger partial charge in [0.15, 0.2) is 11.5 Å². The summed E-state index contributed by atoms with van der Waals surface area (Å²) in [7, 11) is 6.43. The van der Waals surface area contributed by atoms with Gasteiger partial charge in [-0.15, -0.1) is 0 Å². The summed E-state index contributed by atoms with van der Waals surface area (Å²) in [4.78, 5) is 24.6. The Hall–Kier alpha value is -4.14. The van der Waals surface area contributed by atoms with Crippen LogP contribution < -0.4 is 30.2 Å². The lowest BCUT2D eigenvalue weighted by Crippen LogP contribution is -2.23. The molecule has 9 heteroatoms. The number of carbonyl (C=O) groups is 2. The van der Waals surface area contributed by atoms with Gasteiger partial charge in [-0.2, -0.15) is 0 Å². The molecule has 1 aliphatic heterocycles. The molecule has 2 aliphatic rings. The molecule has 1 atom stereocenters. The molecule has 0 saturated carbocycles. The highest BCUT2D eigenvalue weighted by atomic mass is 16.6. The fourth-order valence-electron chi connectivity index (χ4n) is 3.79. The molecule has 1 aliphatic carbocycles. The first-order valence-corrected chi connectivity index (χ1v) is 11.1. The van der Waals surface area contributed by atoms with E-state index in [1.54, 1.807) is 36.4 Å². The fourth-order valence-corrected chi connectivity index (χ4v) is 3.79. The van der Waals surface area contributed by atoms with Crippen molar-refractivity contribution in [1.82, 2.24) is 5.32 Å². The van der Waals surface area contributed by atoms with Crippen molar-refractivity contribution in [2.75, 3.05) is 39.8 Å². The molecule has 1 heterocycles. The molecule has 1 fully saturated rings. The number of carbonyl (C=O) groups excluding carboxylic acids is 2. The van der Waals surface area contributed by atoms with Gasteiger partial charge in [-0.25, -0.2) is 4.79 Å². The highest BCUT2D eigenvalue weighted by Crippen LogP contribution is 2.42. The molecule has 1 unspecified atom stereocenters. The Morgan fingerprint density at radius 1 is 1.09 bits per heavy atom. The molecule has 0 radical (unpaired) electrons. The number of anilines is 1. The van der Waals surface area contributed by atoms with E-state index in [1.807, 2.05) is 13.1 Å². The maximum absolute atomic E-state index is 12.4. The molecule has 1 saturated heterocycles. The topological polar surface area (TPSA) is 112 Å². The smallest absolute Gasteiger partial charge is 0.415 e. The van der Waals surface area contributed by atoms with E-state index in [2.05, 4.69) is 11.4 Å². The van der Waals surface area contributed by atoms with E-state index >= 15 is 0 Å². The molecule has 4 rings (SSSR count). The van der Waals surface area contributed by atoms with Crippen LogP contribution in [0.1, 0.15) is 34.9 Å². The van der Waals surface area contributed by atoms with Crippen molar-refractivity contribution in [2.24, 2.45) is 5.73 Å². The molecule has 2 aromatic carbocycles. The third-order valence-electron chi connectivity index (χ3n) is 5.70. The second-order valence-electron chi connectivity index (χ2n) is 7.78. The minimum Gasteiger partial charge on any atom is -0.493 e. The van der Waals surface area contributed by atoms with Crippen LogP contribution in [-0.2, 0) is 4.74 Å².